The van der Waals surface area contributed by atoms with Crippen molar-refractivity contribution < 1.29 is 18.4 Å². The lowest BCUT2D eigenvalue weighted by molar-refractivity contribution is -0.776. The highest BCUT2D eigenvalue weighted by atomic mass is 16.5. The Morgan fingerprint density at radius 1 is 0.600 bits per heavy atom. The van der Waals surface area contributed by atoms with Gasteiger partial charge >= 0.3 is 0 Å². The van der Waals surface area contributed by atoms with Crippen LogP contribution in [0.3, 0.4) is 0 Å². The highest BCUT2D eigenvalue weighted by Crippen LogP contribution is 2.01. The van der Waals surface area contributed by atoms with Crippen molar-refractivity contribution >= 4 is 0 Å². The summed E-state index contributed by atoms with van der Waals surface area (Å²) in [5.74, 6) is 0. The van der Waals surface area contributed by atoms with E-state index in [9.17, 15) is 0 Å². The van der Waals surface area contributed by atoms with E-state index in [0.29, 0.717) is 37.3 Å². The molecule has 0 saturated heterocycles. The Kier molecular flexibility index (Phi) is 6.03. The summed E-state index contributed by atoms with van der Waals surface area (Å²) in [6.45, 7) is 1.26. The maximum atomic E-state index is 8.06. The standard InChI is InChI=1S/C22H24N6O2/c23-21-19(27(25-29-21)15-13-17-7-3-1-4-8-17)11-12-20-22(24)30-26-28(20)16-14-18-9-5-2-6-10-18/h1-10,23-24H,11-16H2. The minimum atomic E-state index is 0.0573. The maximum Gasteiger partial charge on any atom is 0.268 e. The lowest BCUT2D eigenvalue weighted by Crippen LogP contribution is -2.46. The third-order valence-corrected chi connectivity index (χ3v) is 5.12. The zero-order chi connectivity index (χ0) is 20.8. The topological polar surface area (TPSA) is 110 Å². The second-order valence-electron chi connectivity index (χ2n) is 7.11. The van der Waals surface area contributed by atoms with E-state index >= 15 is 0 Å². The Bertz CT molecular complexity index is 1090. The number of benzene rings is 2. The number of hydrogen-bond donors (Lipinski definition) is 2. The highest BCUT2D eigenvalue weighted by Gasteiger charge is 2.18. The normalized spacial score (nSPS) is 11.1. The van der Waals surface area contributed by atoms with Gasteiger partial charge in [0.15, 0.2) is 0 Å². The van der Waals surface area contributed by atoms with Gasteiger partial charge in [0.25, 0.3) is 11.1 Å². The molecule has 0 atom stereocenters. The summed E-state index contributed by atoms with van der Waals surface area (Å²) < 4.78 is 13.7. The largest absolute Gasteiger partial charge is 0.487 e. The quantitative estimate of drug-likeness (QED) is 0.398. The number of nitrogens with zero attached hydrogens (tertiary/aromatic N) is 4. The smallest absolute Gasteiger partial charge is 0.268 e. The lowest BCUT2D eigenvalue weighted by Gasteiger charge is -2.04. The Hall–Kier alpha value is -3.68. The Balaban J connectivity index is 1.43. The molecule has 2 aromatic heterocycles. The van der Waals surface area contributed by atoms with Crippen molar-refractivity contribution in [1.82, 2.24) is 10.5 Å². The fraction of sp³-hybridized carbons (Fsp3) is 0.273. The van der Waals surface area contributed by atoms with Gasteiger partial charge < -0.3 is 9.05 Å². The zero-order valence-corrected chi connectivity index (χ0v) is 16.6. The van der Waals surface area contributed by atoms with Crippen LogP contribution in [0.15, 0.2) is 69.7 Å². The molecule has 2 N–H and O–H groups in total. The van der Waals surface area contributed by atoms with Crippen LogP contribution < -0.4 is 31.0 Å². The third-order valence-electron chi connectivity index (χ3n) is 5.12. The van der Waals surface area contributed by atoms with Crippen molar-refractivity contribution in [2.45, 2.75) is 38.8 Å². The van der Waals surface area contributed by atoms with Gasteiger partial charge in [0.2, 0.25) is 11.4 Å². The molecule has 0 fully saturated rings. The Labute approximate surface area is 173 Å². The zero-order valence-electron chi connectivity index (χ0n) is 16.6. The van der Waals surface area contributed by atoms with E-state index in [-0.39, 0.29) is 11.1 Å². The third kappa shape index (κ3) is 4.65. The molecule has 8 nitrogen and oxygen atoms in total. The fourth-order valence-corrected chi connectivity index (χ4v) is 3.45. The molecule has 0 unspecified atom stereocenters. The van der Waals surface area contributed by atoms with Crippen LogP contribution in [-0.2, 0) is 38.8 Å². The molecule has 4 rings (SSSR count). The first-order valence-corrected chi connectivity index (χ1v) is 9.99. The van der Waals surface area contributed by atoms with Gasteiger partial charge in [-0.15, -0.1) is 0 Å². The summed E-state index contributed by atoms with van der Waals surface area (Å²) in [7, 11) is 0. The minimum absolute atomic E-state index is 0.0573. The molecule has 30 heavy (non-hydrogen) atoms. The predicted octanol–water partition coefficient (Wildman–Crippen LogP) is 0.592. The first kappa shape index (κ1) is 19.6. The number of aromatic nitrogens is 4. The van der Waals surface area contributed by atoms with Gasteiger partial charge in [-0.05, 0) is 11.1 Å². The SMILES string of the molecule is N=c1o[n-][n+](CCc2ccccc2)c1CCc1c(=N)o[n-][n+]1CCc1ccccc1. The van der Waals surface area contributed by atoms with Gasteiger partial charge in [-0.3, -0.25) is 21.4 Å². The molecule has 0 saturated carbocycles. The van der Waals surface area contributed by atoms with Crippen LogP contribution in [0.5, 0.6) is 0 Å². The second-order valence-corrected chi connectivity index (χ2v) is 7.11. The number of nitrogens with one attached hydrogen (secondary N) is 2. The molecular weight excluding hydrogens is 380 g/mol. The molecule has 0 aliphatic carbocycles. The molecule has 2 heterocycles. The van der Waals surface area contributed by atoms with Gasteiger partial charge in [0.1, 0.15) is 13.1 Å². The second kappa shape index (κ2) is 9.21. The molecule has 8 heteroatoms. The van der Waals surface area contributed by atoms with Crippen LogP contribution in [0.2, 0.25) is 0 Å². The highest BCUT2D eigenvalue weighted by molar-refractivity contribution is 5.14. The molecule has 0 spiro atoms. The van der Waals surface area contributed by atoms with Crippen molar-refractivity contribution in [3.05, 3.63) is 94.3 Å². The molecular formula is C22H24N6O2. The van der Waals surface area contributed by atoms with E-state index in [1.54, 1.807) is 9.36 Å². The van der Waals surface area contributed by atoms with E-state index in [0.717, 1.165) is 12.8 Å². The van der Waals surface area contributed by atoms with Gasteiger partial charge in [-0.1, -0.05) is 60.7 Å². The van der Waals surface area contributed by atoms with Crippen LogP contribution in [-0.4, -0.2) is 0 Å². The van der Waals surface area contributed by atoms with Gasteiger partial charge in [-0.25, -0.2) is 9.36 Å². The monoisotopic (exact) mass is 404 g/mol. The molecule has 4 aromatic rings. The summed E-state index contributed by atoms with van der Waals surface area (Å²) in [5, 5.41) is 24.1. The van der Waals surface area contributed by atoms with Crippen LogP contribution in [0.4, 0.5) is 0 Å². The minimum Gasteiger partial charge on any atom is -0.487 e. The van der Waals surface area contributed by atoms with E-state index in [1.165, 1.54) is 11.1 Å². The van der Waals surface area contributed by atoms with Crippen LogP contribution in [0.25, 0.3) is 0 Å². The van der Waals surface area contributed by atoms with Crippen molar-refractivity contribution in [2.24, 2.45) is 0 Å². The number of rotatable bonds is 9. The van der Waals surface area contributed by atoms with E-state index < -0.39 is 0 Å². The van der Waals surface area contributed by atoms with Crippen molar-refractivity contribution in [3.8, 4) is 0 Å². The van der Waals surface area contributed by atoms with E-state index in [2.05, 4.69) is 34.8 Å². The van der Waals surface area contributed by atoms with Gasteiger partial charge in [0.05, 0.1) is 0 Å². The Morgan fingerprint density at radius 2 is 1.00 bits per heavy atom. The first-order valence-electron chi connectivity index (χ1n) is 9.99. The van der Waals surface area contributed by atoms with Gasteiger partial charge in [0, 0.05) is 25.7 Å². The summed E-state index contributed by atoms with van der Waals surface area (Å²) in [5.41, 5.74) is 3.94. The van der Waals surface area contributed by atoms with E-state index in [1.807, 2.05) is 36.4 Å². The van der Waals surface area contributed by atoms with Crippen LogP contribution in [0, 0.1) is 10.8 Å². The first-order chi connectivity index (χ1) is 14.7. The average Bonchev–Trinajstić information content (AvgIpc) is 3.32. The summed E-state index contributed by atoms with van der Waals surface area (Å²) in [6, 6.07) is 20.3. The van der Waals surface area contributed by atoms with Crippen molar-refractivity contribution in [2.75, 3.05) is 0 Å². The molecule has 0 bridgehead atoms. The molecule has 0 radical (unpaired) electrons. The Morgan fingerprint density at radius 3 is 1.40 bits per heavy atom. The maximum absolute atomic E-state index is 8.06. The molecule has 0 aliphatic rings. The molecule has 0 aliphatic heterocycles. The lowest BCUT2D eigenvalue weighted by atomic mass is 10.1. The van der Waals surface area contributed by atoms with Crippen LogP contribution in [0.1, 0.15) is 22.5 Å². The van der Waals surface area contributed by atoms with Crippen molar-refractivity contribution in [3.63, 3.8) is 0 Å². The molecule has 154 valence electrons. The van der Waals surface area contributed by atoms with Crippen LogP contribution >= 0.6 is 0 Å². The van der Waals surface area contributed by atoms with Gasteiger partial charge in [-0.2, -0.15) is 0 Å². The summed E-state index contributed by atoms with van der Waals surface area (Å²) in [6.07, 6.45) is 2.65. The summed E-state index contributed by atoms with van der Waals surface area (Å²) >= 11 is 0. The molecule has 0 amide bonds. The fourth-order valence-electron chi connectivity index (χ4n) is 3.45. The average molecular weight is 404 g/mol. The molecule has 2 aromatic carbocycles. The number of aryl methyl sites for hydroxylation is 4. The van der Waals surface area contributed by atoms with E-state index in [4.69, 9.17) is 19.9 Å². The predicted molar refractivity (Wildman–Crippen MR) is 104 cm³/mol. The number of hydrogen-bond acceptors (Lipinski definition) is 4. The summed E-state index contributed by atoms with van der Waals surface area (Å²) in [4.78, 5) is 0. The van der Waals surface area contributed by atoms with Crippen molar-refractivity contribution in [1.29, 1.82) is 10.8 Å².